The van der Waals surface area contributed by atoms with E-state index >= 15 is 0 Å². The van der Waals surface area contributed by atoms with Crippen molar-refractivity contribution in [2.75, 3.05) is 19.5 Å². The van der Waals surface area contributed by atoms with Gasteiger partial charge in [-0.3, -0.25) is 10.3 Å². The van der Waals surface area contributed by atoms with Gasteiger partial charge in [-0.25, -0.2) is 5.01 Å². The largest absolute Gasteiger partial charge is 0.757 e. The highest BCUT2D eigenvalue weighted by Gasteiger charge is 2.28. The Morgan fingerprint density at radius 2 is 2.42 bits per heavy atom. The lowest BCUT2D eigenvalue weighted by Crippen LogP contribution is -2.38. The molecule has 12 heavy (non-hydrogen) atoms. The minimum absolute atomic E-state index is 0.102. The van der Waals surface area contributed by atoms with E-state index in [1.54, 1.807) is 0 Å². The molecule has 1 N–H and O–H groups in total. The van der Waals surface area contributed by atoms with Crippen molar-refractivity contribution in [1.82, 2.24) is 15.3 Å². The first-order valence-corrected chi connectivity index (χ1v) is 5.80. The third-order valence-corrected chi connectivity index (χ3v) is 4.07. The Bertz CT molecular complexity index is 161. The summed E-state index contributed by atoms with van der Waals surface area (Å²) in [5, 5.41) is 2.72. The van der Waals surface area contributed by atoms with Crippen LogP contribution in [-0.4, -0.2) is 40.2 Å². The lowest BCUT2D eigenvalue weighted by atomic mass is 10.3. The highest BCUT2D eigenvalue weighted by molar-refractivity contribution is 8.00. The Labute approximate surface area is 83.2 Å². The van der Waals surface area contributed by atoms with E-state index in [-0.39, 0.29) is 5.50 Å². The predicted octanol–water partition coefficient (Wildman–Crippen LogP) is 0.380. The highest BCUT2D eigenvalue weighted by Crippen LogP contribution is 2.31. The smallest absolute Gasteiger partial charge is 0.0647 e. The summed E-state index contributed by atoms with van der Waals surface area (Å²) in [5.74, 6) is 1.30. The van der Waals surface area contributed by atoms with Crippen LogP contribution in [0.25, 0.3) is 0 Å². The van der Waals surface area contributed by atoms with Gasteiger partial charge in [-0.05, 0) is 24.1 Å². The van der Waals surface area contributed by atoms with Crippen molar-refractivity contribution in [2.24, 2.45) is 0 Å². The fourth-order valence-corrected chi connectivity index (χ4v) is 3.48. The summed E-state index contributed by atoms with van der Waals surface area (Å²) in [4.78, 5) is 2.35. The molecule has 0 aromatic carbocycles. The first-order valence-electron chi connectivity index (χ1n) is 4.28. The van der Waals surface area contributed by atoms with Crippen LogP contribution in [0, 0.1) is 0 Å². The minimum Gasteiger partial charge on any atom is -0.757 e. The first kappa shape index (κ1) is 9.15. The Morgan fingerprint density at radius 1 is 1.58 bits per heavy atom. The van der Waals surface area contributed by atoms with Crippen LogP contribution in [-0.2, 0) is 12.6 Å². The summed E-state index contributed by atoms with van der Waals surface area (Å²) in [6, 6.07) is 0. The van der Waals surface area contributed by atoms with Gasteiger partial charge in [0.2, 0.25) is 0 Å². The summed E-state index contributed by atoms with van der Waals surface area (Å²) in [6.45, 7) is 0.964. The quantitative estimate of drug-likeness (QED) is 0.621. The van der Waals surface area contributed by atoms with E-state index < -0.39 is 0 Å². The fourth-order valence-electron chi connectivity index (χ4n) is 1.69. The third kappa shape index (κ3) is 1.75. The van der Waals surface area contributed by atoms with Gasteiger partial charge in [-0.2, -0.15) is 0 Å². The molecule has 0 radical (unpaired) electrons. The zero-order valence-electron chi connectivity index (χ0n) is 7.19. The Hall–Kier alpha value is 0.580. The molecule has 2 unspecified atom stereocenters. The molecule has 5 heteroatoms. The number of hydrogen-bond acceptors (Lipinski definition) is 5. The lowest BCUT2D eigenvalue weighted by molar-refractivity contribution is 0.242. The predicted molar refractivity (Wildman–Crippen MR) is 54.2 cm³/mol. The molecule has 0 aromatic heterocycles. The summed E-state index contributed by atoms with van der Waals surface area (Å²) in [6.07, 6.45) is 2.64. The van der Waals surface area contributed by atoms with Gasteiger partial charge in [0.1, 0.15) is 0 Å². The second-order valence-corrected chi connectivity index (χ2v) is 5.03. The van der Waals surface area contributed by atoms with Gasteiger partial charge in [-0.15, -0.1) is 11.8 Å². The minimum atomic E-state index is 0.102. The van der Waals surface area contributed by atoms with Crippen LogP contribution in [0.3, 0.4) is 0 Å². The van der Waals surface area contributed by atoms with E-state index in [0.29, 0.717) is 5.37 Å². The molecule has 0 spiro atoms. The summed E-state index contributed by atoms with van der Waals surface area (Å²) in [5.41, 5.74) is 3.31. The van der Waals surface area contributed by atoms with Crippen LogP contribution >= 0.6 is 11.8 Å². The van der Waals surface area contributed by atoms with E-state index in [2.05, 4.69) is 15.3 Å². The number of hydrazine groups is 1. The normalized spacial score (nSPS) is 39.5. The SMILES string of the molecule is CN1CN(C2CCCS2)C([S-])N1. The van der Waals surface area contributed by atoms with Crippen molar-refractivity contribution < 1.29 is 0 Å². The fraction of sp³-hybridized carbons (Fsp3) is 1.00. The molecular weight excluding hydrogens is 190 g/mol. The zero-order chi connectivity index (χ0) is 8.55. The average Bonchev–Trinajstić information content (AvgIpc) is 2.58. The van der Waals surface area contributed by atoms with Gasteiger partial charge in [-0.1, -0.05) is 0 Å². The molecule has 2 aliphatic heterocycles. The van der Waals surface area contributed by atoms with Crippen molar-refractivity contribution in [3.63, 3.8) is 0 Å². The van der Waals surface area contributed by atoms with Crippen LogP contribution in [0.2, 0.25) is 0 Å². The molecular formula is C7H14N3S2-. The molecule has 70 valence electrons. The molecule has 2 saturated heterocycles. The highest BCUT2D eigenvalue weighted by atomic mass is 32.2. The second kappa shape index (κ2) is 3.75. The van der Waals surface area contributed by atoms with Crippen molar-refractivity contribution in [3.05, 3.63) is 0 Å². The van der Waals surface area contributed by atoms with Gasteiger partial charge in [0.25, 0.3) is 0 Å². The number of thioether (sulfide) groups is 1. The van der Waals surface area contributed by atoms with E-state index in [9.17, 15) is 0 Å². The van der Waals surface area contributed by atoms with E-state index in [4.69, 9.17) is 12.6 Å². The Kier molecular flexibility index (Phi) is 2.86. The van der Waals surface area contributed by atoms with Crippen LogP contribution in [0.1, 0.15) is 12.8 Å². The van der Waals surface area contributed by atoms with Crippen LogP contribution in [0.5, 0.6) is 0 Å². The summed E-state index contributed by atoms with van der Waals surface area (Å²) >= 11 is 7.34. The van der Waals surface area contributed by atoms with Crippen LogP contribution in [0.4, 0.5) is 0 Å². The average molecular weight is 204 g/mol. The van der Waals surface area contributed by atoms with Crippen LogP contribution < -0.4 is 5.43 Å². The van der Waals surface area contributed by atoms with Gasteiger partial charge in [0, 0.05) is 7.05 Å². The van der Waals surface area contributed by atoms with Crippen molar-refractivity contribution in [1.29, 1.82) is 0 Å². The molecule has 2 rings (SSSR count). The molecule has 2 fully saturated rings. The molecule has 2 atom stereocenters. The zero-order valence-corrected chi connectivity index (χ0v) is 8.83. The van der Waals surface area contributed by atoms with Gasteiger partial charge in [0.15, 0.2) is 0 Å². The molecule has 0 aliphatic carbocycles. The van der Waals surface area contributed by atoms with E-state index in [1.807, 2.05) is 18.8 Å². The monoisotopic (exact) mass is 204 g/mol. The Balaban J connectivity index is 1.94. The third-order valence-electron chi connectivity index (χ3n) is 2.28. The standard InChI is InChI=1S/C7H15N3S2/c1-9-5-10(7(11)8-9)6-3-2-4-12-6/h6-8,11H,2-5H2,1H3/p-1. The summed E-state index contributed by atoms with van der Waals surface area (Å²) < 4.78 is 0. The molecule has 0 saturated carbocycles. The first-order chi connectivity index (χ1) is 5.77. The molecule has 2 aliphatic rings. The molecule has 0 amide bonds. The van der Waals surface area contributed by atoms with E-state index in [0.717, 1.165) is 6.67 Å². The maximum absolute atomic E-state index is 5.30. The maximum atomic E-state index is 5.30. The second-order valence-electron chi connectivity index (χ2n) is 3.30. The van der Waals surface area contributed by atoms with E-state index in [1.165, 1.54) is 18.6 Å². The topological polar surface area (TPSA) is 18.5 Å². The van der Waals surface area contributed by atoms with Crippen molar-refractivity contribution in [3.8, 4) is 0 Å². The number of rotatable bonds is 1. The van der Waals surface area contributed by atoms with Gasteiger partial charge >= 0.3 is 0 Å². The van der Waals surface area contributed by atoms with Gasteiger partial charge in [0.05, 0.1) is 12.0 Å². The lowest BCUT2D eigenvalue weighted by Gasteiger charge is -2.32. The maximum Gasteiger partial charge on any atom is 0.0647 e. The Morgan fingerprint density at radius 3 is 2.92 bits per heavy atom. The molecule has 3 nitrogen and oxygen atoms in total. The number of hydrogen-bond donors (Lipinski definition) is 1. The van der Waals surface area contributed by atoms with Crippen molar-refractivity contribution >= 4 is 24.4 Å². The summed E-state index contributed by atoms with van der Waals surface area (Å²) in [7, 11) is 2.04. The molecule has 2 heterocycles. The number of nitrogens with one attached hydrogen (secondary N) is 1. The van der Waals surface area contributed by atoms with Crippen LogP contribution in [0.15, 0.2) is 0 Å². The van der Waals surface area contributed by atoms with Gasteiger partial charge < -0.3 is 12.6 Å². The molecule has 0 aromatic rings. The number of nitrogens with zero attached hydrogens (tertiary/aromatic N) is 2. The molecule has 0 bridgehead atoms. The van der Waals surface area contributed by atoms with Crippen molar-refractivity contribution in [2.45, 2.75) is 23.7 Å².